The van der Waals surface area contributed by atoms with E-state index < -0.39 is 47.6 Å². The molecule has 1 unspecified atom stereocenters. The van der Waals surface area contributed by atoms with Crippen molar-refractivity contribution >= 4 is 11.6 Å². The molecule has 1 amide bonds. The van der Waals surface area contributed by atoms with Crippen molar-refractivity contribution in [3.05, 3.63) is 94.1 Å². The minimum atomic E-state index is -1.11. The lowest BCUT2D eigenvalue weighted by Crippen LogP contribution is -2.50. The van der Waals surface area contributed by atoms with E-state index in [0.29, 0.717) is 24.4 Å². The van der Waals surface area contributed by atoms with Gasteiger partial charge in [-0.25, -0.2) is 17.6 Å². The van der Waals surface area contributed by atoms with Crippen molar-refractivity contribution in [2.24, 2.45) is 0 Å². The number of nitrogens with zero attached hydrogens (tertiary/aromatic N) is 2. The van der Waals surface area contributed by atoms with Gasteiger partial charge in [-0.15, -0.1) is 0 Å². The van der Waals surface area contributed by atoms with Gasteiger partial charge in [-0.2, -0.15) is 0 Å². The van der Waals surface area contributed by atoms with Crippen LogP contribution in [0.3, 0.4) is 0 Å². The maximum Gasteiger partial charge on any atom is 0.251 e. The van der Waals surface area contributed by atoms with Gasteiger partial charge in [-0.1, -0.05) is 18.2 Å². The first-order chi connectivity index (χ1) is 16.7. The van der Waals surface area contributed by atoms with Crippen molar-refractivity contribution in [1.82, 2.24) is 10.2 Å². The molecule has 0 spiro atoms. The molecule has 0 saturated carbocycles. The van der Waals surface area contributed by atoms with Crippen LogP contribution >= 0.6 is 0 Å². The number of aliphatic hydroxyl groups excluding tert-OH is 1. The third kappa shape index (κ3) is 4.94. The first kappa shape index (κ1) is 24.5. The monoisotopic (exact) mass is 489 g/mol. The summed E-state index contributed by atoms with van der Waals surface area (Å²) >= 11 is 0. The summed E-state index contributed by atoms with van der Waals surface area (Å²) < 4.78 is 60.8. The Balaban J connectivity index is 1.60. The highest BCUT2D eigenvalue weighted by atomic mass is 19.1. The van der Waals surface area contributed by atoms with E-state index in [1.165, 1.54) is 24.1 Å². The molecule has 184 valence electrons. The van der Waals surface area contributed by atoms with Crippen LogP contribution in [0.4, 0.5) is 23.2 Å². The number of anilines is 1. The van der Waals surface area contributed by atoms with Gasteiger partial charge in [0, 0.05) is 54.1 Å². The third-order valence-corrected chi connectivity index (χ3v) is 5.89. The molecule has 35 heavy (non-hydrogen) atoms. The Morgan fingerprint density at radius 2 is 1.83 bits per heavy atom. The molecule has 0 bridgehead atoms. The molecule has 1 aliphatic rings. The fourth-order valence-corrected chi connectivity index (χ4v) is 4.02. The number of benzene rings is 3. The topological polar surface area (TPSA) is 65.0 Å². The fourth-order valence-electron chi connectivity index (χ4n) is 4.02. The second-order valence-corrected chi connectivity index (χ2v) is 8.20. The largest absolute Gasteiger partial charge is 0.494 e. The van der Waals surface area contributed by atoms with Gasteiger partial charge in [-0.3, -0.25) is 9.69 Å². The molecular formula is C25H23F4N3O3. The number of hydrogen-bond donors (Lipinski definition) is 2. The zero-order valence-electron chi connectivity index (χ0n) is 19.0. The highest BCUT2D eigenvalue weighted by Crippen LogP contribution is 2.33. The zero-order valence-corrected chi connectivity index (χ0v) is 19.0. The molecule has 3 aromatic rings. The van der Waals surface area contributed by atoms with E-state index in [0.717, 1.165) is 5.56 Å². The molecular weight excluding hydrogens is 466 g/mol. The number of halogens is 4. The number of ether oxygens (including phenoxy) is 1. The van der Waals surface area contributed by atoms with E-state index >= 15 is 0 Å². The lowest BCUT2D eigenvalue weighted by Gasteiger charge is -2.41. The smallest absolute Gasteiger partial charge is 0.251 e. The van der Waals surface area contributed by atoms with E-state index in [4.69, 9.17) is 4.74 Å². The summed E-state index contributed by atoms with van der Waals surface area (Å²) in [5.74, 6) is -4.39. The van der Waals surface area contributed by atoms with Crippen LogP contribution < -0.4 is 15.0 Å². The van der Waals surface area contributed by atoms with E-state index in [1.54, 1.807) is 36.2 Å². The predicted molar refractivity (Wildman–Crippen MR) is 121 cm³/mol. The van der Waals surface area contributed by atoms with Gasteiger partial charge in [0.15, 0.2) is 17.9 Å². The number of fused-ring (bicyclic) bond motifs is 1. The predicted octanol–water partition coefficient (Wildman–Crippen LogP) is 3.91. The van der Waals surface area contributed by atoms with Crippen LogP contribution in [0.25, 0.3) is 0 Å². The minimum absolute atomic E-state index is 0.0153. The van der Waals surface area contributed by atoms with E-state index in [2.05, 4.69) is 5.32 Å². The first-order valence-corrected chi connectivity index (χ1v) is 10.7. The summed E-state index contributed by atoms with van der Waals surface area (Å²) in [5.41, 5.74) is 1.27. The van der Waals surface area contributed by atoms with Crippen LogP contribution in [-0.2, 0) is 19.6 Å². The standard InChI is InChI=1S/C25H23F4N3O3/c1-31-12-15-7-6-14(24(33)30-11-18-19(27)9-17(26)10-20(18)28)8-21(15)32(25(31)34)13-16-4-3-5-22(35-2)23(16)29/h3-10,25,34H,11-13H2,1-2H3,(H,30,33). The summed E-state index contributed by atoms with van der Waals surface area (Å²) in [7, 11) is 3.06. The van der Waals surface area contributed by atoms with Gasteiger partial charge >= 0.3 is 0 Å². The van der Waals surface area contributed by atoms with Crippen LogP contribution in [-0.4, -0.2) is 36.4 Å². The molecule has 1 heterocycles. The molecule has 2 N–H and O–H groups in total. The van der Waals surface area contributed by atoms with Crippen molar-refractivity contribution in [3.8, 4) is 5.75 Å². The fraction of sp³-hybridized carbons (Fsp3) is 0.240. The Kier molecular flexibility index (Phi) is 6.95. The average Bonchev–Trinajstić information content (AvgIpc) is 2.82. The number of rotatable bonds is 6. The summed E-state index contributed by atoms with van der Waals surface area (Å²) in [6.45, 7) is -0.127. The number of carbonyl (C=O) groups excluding carboxylic acids is 1. The molecule has 0 saturated heterocycles. The Labute approximate surface area is 199 Å². The maximum atomic E-state index is 14.8. The van der Waals surface area contributed by atoms with Gasteiger partial charge in [0.05, 0.1) is 7.11 Å². The van der Waals surface area contributed by atoms with Gasteiger partial charge < -0.3 is 20.1 Å². The van der Waals surface area contributed by atoms with Crippen LogP contribution in [0.5, 0.6) is 5.75 Å². The third-order valence-electron chi connectivity index (χ3n) is 5.89. The molecule has 0 aromatic heterocycles. The molecule has 0 radical (unpaired) electrons. The van der Waals surface area contributed by atoms with Crippen molar-refractivity contribution in [1.29, 1.82) is 0 Å². The minimum Gasteiger partial charge on any atom is -0.494 e. The Bertz CT molecular complexity index is 1250. The number of aliphatic hydroxyl groups is 1. The molecule has 1 aliphatic heterocycles. The Hall–Kier alpha value is -3.63. The molecule has 1 atom stereocenters. The van der Waals surface area contributed by atoms with E-state index in [9.17, 15) is 27.5 Å². The lowest BCUT2D eigenvalue weighted by molar-refractivity contribution is 0.00559. The summed E-state index contributed by atoms with van der Waals surface area (Å²) in [6.07, 6.45) is -1.10. The summed E-state index contributed by atoms with van der Waals surface area (Å²) in [6, 6.07) is 10.5. The highest BCUT2D eigenvalue weighted by molar-refractivity contribution is 5.95. The number of carbonyl (C=O) groups is 1. The van der Waals surface area contributed by atoms with Gasteiger partial charge in [0.25, 0.3) is 5.91 Å². The highest BCUT2D eigenvalue weighted by Gasteiger charge is 2.30. The van der Waals surface area contributed by atoms with Crippen LogP contribution in [0.2, 0.25) is 0 Å². The Morgan fingerprint density at radius 1 is 1.11 bits per heavy atom. The lowest BCUT2D eigenvalue weighted by atomic mass is 10.0. The number of methoxy groups -OCH3 is 1. The van der Waals surface area contributed by atoms with Crippen LogP contribution in [0.1, 0.15) is 27.0 Å². The number of hydrogen-bond acceptors (Lipinski definition) is 5. The SMILES string of the molecule is COc1cccc(CN2c3cc(C(=O)NCc4c(F)cc(F)cc4F)ccc3CN(C)C2O)c1F. The maximum absolute atomic E-state index is 14.8. The zero-order chi connectivity index (χ0) is 25.3. The second kappa shape index (κ2) is 9.93. The number of nitrogens with one attached hydrogen (secondary N) is 1. The number of amides is 1. The average molecular weight is 489 g/mol. The van der Waals surface area contributed by atoms with Crippen LogP contribution in [0.15, 0.2) is 48.5 Å². The second-order valence-electron chi connectivity index (χ2n) is 8.20. The molecule has 3 aromatic carbocycles. The molecule has 6 nitrogen and oxygen atoms in total. The summed E-state index contributed by atoms with van der Waals surface area (Å²) in [4.78, 5) is 15.9. The summed E-state index contributed by atoms with van der Waals surface area (Å²) in [5, 5.41) is 13.2. The van der Waals surface area contributed by atoms with E-state index in [-0.39, 0.29) is 23.4 Å². The van der Waals surface area contributed by atoms with Crippen LogP contribution in [0, 0.1) is 23.3 Å². The van der Waals surface area contributed by atoms with Gasteiger partial charge in [0.2, 0.25) is 0 Å². The van der Waals surface area contributed by atoms with Crippen molar-refractivity contribution in [2.75, 3.05) is 19.1 Å². The van der Waals surface area contributed by atoms with Crippen molar-refractivity contribution < 1.29 is 32.2 Å². The molecule has 10 heteroatoms. The molecule has 0 aliphatic carbocycles. The van der Waals surface area contributed by atoms with E-state index in [1.807, 2.05) is 0 Å². The van der Waals surface area contributed by atoms with Crippen molar-refractivity contribution in [3.63, 3.8) is 0 Å². The molecule has 4 rings (SSSR count). The quantitative estimate of drug-likeness (QED) is 0.514. The van der Waals surface area contributed by atoms with Gasteiger partial charge in [-0.05, 0) is 30.8 Å². The normalized spacial score (nSPS) is 15.6. The van der Waals surface area contributed by atoms with Gasteiger partial charge in [0.1, 0.15) is 17.5 Å². The Morgan fingerprint density at radius 3 is 2.51 bits per heavy atom. The first-order valence-electron chi connectivity index (χ1n) is 10.7. The van der Waals surface area contributed by atoms with Crippen molar-refractivity contribution in [2.45, 2.75) is 26.0 Å². The molecule has 0 fully saturated rings.